The van der Waals surface area contributed by atoms with Crippen LogP contribution in [0.2, 0.25) is 0 Å². The van der Waals surface area contributed by atoms with Gasteiger partial charge in [-0.3, -0.25) is 0 Å². The van der Waals surface area contributed by atoms with Gasteiger partial charge in [0.25, 0.3) is 0 Å². The van der Waals surface area contributed by atoms with Crippen molar-refractivity contribution in [2.24, 2.45) is 0 Å². The van der Waals surface area contributed by atoms with Crippen molar-refractivity contribution in [1.29, 1.82) is 0 Å². The monoisotopic (exact) mass is 198 g/mol. The molecule has 0 bridgehead atoms. The van der Waals surface area contributed by atoms with E-state index in [0.717, 1.165) is 11.6 Å². The molecule has 0 fully saturated rings. The molecule has 0 aliphatic heterocycles. The van der Waals surface area contributed by atoms with Gasteiger partial charge in [-0.05, 0) is 12.2 Å². The minimum atomic E-state index is 0.795. The third kappa shape index (κ3) is 8.99. The summed E-state index contributed by atoms with van der Waals surface area (Å²) in [6, 6.07) is 0. The van der Waals surface area contributed by atoms with Crippen LogP contribution in [0.1, 0.15) is 13.3 Å². The molecule has 62 valence electrons. The lowest BCUT2D eigenvalue weighted by molar-refractivity contribution is 1.11. The van der Waals surface area contributed by atoms with Crippen LogP contribution in [0.4, 0.5) is 0 Å². The van der Waals surface area contributed by atoms with Crippen LogP contribution in [0.15, 0.2) is 0 Å². The first-order valence-electron chi connectivity index (χ1n) is 3.63. The summed E-state index contributed by atoms with van der Waals surface area (Å²) in [6.45, 7) is 2.22. The van der Waals surface area contributed by atoms with Crippen LogP contribution >= 0.6 is 35.1 Å². The van der Waals surface area contributed by atoms with Gasteiger partial charge in [0.1, 0.15) is 0 Å². The lowest BCUT2D eigenvalue weighted by Crippen LogP contribution is -1.88. The molecular formula is C7H15ClS2. The Morgan fingerprint density at radius 2 is 1.60 bits per heavy atom. The van der Waals surface area contributed by atoms with E-state index in [-0.39, 0.29) is 0 Å². The number of halogens is 1. The maximum absolute atomic E-state index is 5.51. The predicted molar refractivity (Wildman–Crippen MR) is 55.7 cm³/mol. The lowest BCUT2D eigenvalue weighted by Gasteiger charge is -1.97. The molecular weight excluding hydrogens is 184 g/mol. The Morgan fingerprint density at radius 3 is 2.10 bits per heavy atom. The van der Waals surface area contributed by atoms with Gasteiger partial charge in [-0.1, -0.05) is 6.92 Å². The molecule has 0 aromatic carbocycles. The van der Waals surface area contributed by atoms with Crippen LogP contribution in [0.5, 0.6) is 0 Å². The predicted octanol–water partition coefficient (Wildman–Crippen LogP) is 3.10. The van der Waals surface area contributed by atoms with Crippen LogP contribution in [0.3, 0.4) is 0 Å². The number of rotatable bonds is 7. The van der Waals surface area contributed by atoms with Gasteiger partial charge in [0, 0.05) is 23.1 Å². The Bertz CT molecular complexity index is 51.6. The SMILES string of the molecule is CCCSCCSCCCl. The normalized spacial score (nSPS) is 10.2. The number of hydrogen-bond acceptors (Lipinski definition) is 2. The first-order chi connectivity index (χ1) is 4.91. The summed E-state index contributed by atoms with van der Waals surface area (Å²) in [4.78, 5) is 0. The van der Waals surface area contributed by atoms with E-state index in [4.69, 9.17) is 11.6 Å². The van der Waals surface area contributed by atoms with Gasteiger partial charge in [0.05, 0.1) is 0 Å². The Morgan fingerprint density at radius 1 is 1.00 bits per heavy atom. The Labute approximate surface area is 77.5 Å². The fourth-order valence-electron chi connectivity index (χ4n) is 0.521. The molecule has 0 unspecified atom stereocenters. The molecule has 0 N–H and O–H groups in total. The van der Waals surface area contributed by atoms with Crippen LogP contribution in [-0.4, -0.2) is 28.9 Å². The molecule has 10 heavy (non-hydrogen) atoms. The fourth-order valence-corrected chi connectivity index (χ4v) is 2.60. The van der Waals surface area contributed by atoms with Crippen molar-refractivity contribution in [1.82, 2.24) is 0 Å². The topological polar surface area (TPSA) is 0 Å². The molecule has 0 aliphatic rings. The van der Waals surface area contributed by atoms with Crippen LogP contribution in [0.25, 0.3) is 0 Å². The molecule has 0 saturated heterocycles. The summed E-state index contributed by atoms with van der Waals surface area (Å²) in [5.41, 5.74) is 0. The highest BCUT2D eigenvalue weighted by atomic mass is 35.5. The van der Waals surface area contributed by atoms with Crippen molar-refractivity contribution in [3.63, 3.8) is 0 Å². The summed E-state index contributed by atoms with van der Waals surface area (Å²) in [5, 5.41) is 0. The van der Waals surface area contributed by atoms with E-state index in [1.807, 2.05) is 23.5 Å². The van der Waals surface area contributed by atoms with Gasteiger partial charge in [-0.2, -0.15) is 23.5 Å². The maximum atomic E-state index is 5.51. The zero-order valence-corrected chi connectivity index (χ0v) is 8.83. The average Bonchev–Trinajstić information content (AvgIpc) is 1.97. The van der Waals surface area contributed by atoms with Crippen molar-refractivity contribution < 1.29 is 0 Å². The summed E-state index contributed by atoms with van der Waals surface area (Å²) >= 11 is 9.50. The molecule has 0 atom stereocenters. The number of thioether (sulfide) groups is 2. The molecule has 0 rings (SSSR count). The first kappa shape index (κ1) is 11.0. The van der Waals surface area contributed by atoms with Gasteiger partial charge >= 0.3 is 0 Å². The van der Waals surface area contributed by atoms with Crippen molar-refractivity contribution in [3.05, 3.63) is 0 Å². The molecule has 0 saturated carbocycles. The molecule has 0 aromatic rings. The highest BCUT2D eigenvalue weighted by Crippen LogP contribution is 2.07. The van der Waals surface area contributed by atoms with Crippen LogP contribution < -0.4 is 0 Å². The Hall–Kier alpha value is 0.990. The van der Waals surface area contributed by atoms with E-state index < -0.39 is 0 Å². The van der Waals surface area contributed by atoms with Gasteiger partial charge in [0.15, 0.2) is 0 Å². The standard InChI is InChI=1S/C7H15ClS2/c1-2-4-9-6-7-10-5-3-8/h2-7H2,1H3. The van der Waals surface area contributed by atoms with Crippen molar-refractivity contribution in [3.8, 4) is 0 Å². The number of hydrogen-bond donors (Lipinski definition) is 0. The van der Waals surface area contributed by atoms with Gasteiger partial charge in [-0.25, -0.2) is 0 Å². The third-order valence-corrected chi connectivity index (χ3v) is 3.79. The maximum Gasteiger partial charge on any atom is 0.0314 e. The van der Waals surface area contributed by atoms with Gasteiger partial charge in [-0.15, -0.1) is 11.6 Å². The lowest BCUT2D eigenvalue weighted by atomic mass is 10.6. The molecule has 0 nitrogen and oxygen atoms in total. The second-order valence-electron chi connectivity index (χ2n) is 1.91. The summed E-state index contributed by atoms with van der Waals surface area (Å²) in [5.74, 6) is 5.76. The van der Waals surface area contributed by atoms with Gasteiger partial charge < -0.3 is 0 Å². The fraction of sp³-hybridized carbons (Fsp3) is 1.00. The van der Waals surface area contributed by atoms with E-state index in [1.54, 1.807) is 0 Å². The summed E-state index contributed by atoms with van der Waals surface area (Å²) in [7, 11) is 0. The molecule has 0 aromatic heterocycles. The summed E-state index contributed by atoms with van der Waals surface area (Å²) in [6.07, 6.45) is 1.30. The van der Waals surface area contributed by atoms with Crippen molar-refractivity contribution in [2.45, 2.75) is 13.3 Å². The zero-order valence-electron chi connectivity index (χ0n) is 6.44. The molecule has 3 heteroatoms. The highest BCUT2D eigenvalue weighted by molar-refractivity contribution is 8.02. The van der Waals surface area contributed by atoms with E-state index >= 15 is 0 Å². The van der Waals surface area contributed by atoms with Crippen LogP contribution in [-0.2, 0) is 0 Å². The number of alkyl halides is 1. The van der Waals surface area contributed by atoms with Crippen molar-refractivity contribution in [2.75, 3.05) is 28.9 Å². The molecule has 0 heterocycles. The molecule has 0 amide bonds. The minimum absolute atomic E-state index is 0.795. The van der Waals surface area contributed by atoms with Crippen molar-refractivity contribution >= 4 is 35.1 Å². The van der Waals surface area contributed by atoms with E-state index in [0.29, 0.717) is 0 Å². The zero-order chi connectivity index (χ0) is 7.66. The molecule has 0 aliphatic carbocycles. The average molecular weight is 199 g/mol. The Kier molecular flexibility index (Phi) is 11.0. The third-order valence-electron chi connectivity index (χ3n) is 0.942. The van der Waals surface area contributed by atoms with Gasteiger partial charge in [0.2, 0.25) is 0 Å². The molecule has 0 spiro atoms. The minimum Gasteiger partial charge on any atom is -0.161 e. The molecule has 0 radical (unpaired) electrons. The van der Waals surface area contributed by atoms with Crippen LogP contribution in [0, 0.1) is 0 Å². The summed E-state index contributed by atoms with van der Waals surface area (Å²) < 4.78 is 0. The van der Waals surface area contributed by atoms with E-state index in [9.17, 15) is 0 Å². The first-order valence-corrected chi connectivity index (χ1v) is 6.47. The Balaban J connectivity index is 2.65. The van der Waals surface area contributed by atoms with E-state index in [2.05, 4.69) is 6.92 Å². The largest absolute Gasteiger partial charge is 0.161 e. The highest BCUT2D eigenvalue weighted by Gasteiger charge is 1.88. The van der Waals surface area contributed by atoms with E-state index in [1.165, 1.54) is 23.7 Å². The quantitative estimate of drug-likeness (QED) is 0.456. The smallest absolute Gasteiger partial charge is 0.0314 e. The second-order valence-corrected chi connectivity index (χ2v) is 4.74. The second kappa shape index (κ2) is 9.99.